The van der Waals surface area contributed by atoms with E-state index in [4.69, 9.17) is 10.5 Å². The lowest BCUT2D eigenvalue weighted by Crippen LogP contribution is -2.42. The highest BCUT2D eigenvalue weighted by Gasteiger charge is 2.25. The molecule has 0 spiro atoms. The summed E-state index contributed by atoms with van der Waals surface area (Å²) >= 11 is 0. The van der Waals surface area contributed by atoms with E-state index in [0.29, 0.717) is 23.2 Å². The average molecular weight is 391 g/mol. The summed E-state index contributed by atoms with van der Waals surface area (Å²) in [4.78, 5) is 33.4. The normalized spacial score (nSPS) is 11.1. The molecule has 29 heavy (non-hydrogen) atoms. The Labute approximate surface area is 166 Å². The molecule has 4 aromatic heterocycles. The molecule has 0 unspecified atom stereocenters. The van der Waals surface area contributed by atoms with Gasteiger partial charge in [0, 0.05) is 12.3 Å². The molecule has 8 heteroatoms. The maximum atomic E-state index is 13.2. The van der Waals surface area contributed by atoms with Crippen LogP contribution in [0.4, 0.5) is 5.82 Å². The van der Waals surface area contributed by atoms with Gasteiger partial charge < -0.3 is 10.5 Å². The zero-order valence-electron chi connectivity index (χ0n) is 16.2. The standard InChI is InChI=1S/C21H19N5O3/c1-3-29-21(28)15-9-16-19(24-17-7-6-13(2)11-25(17)20(16)27)26(18(15)22)12-14-5-4-8-23-10-14/h4-11,22H,3,12H2,1-2H3/p+2. The van der Waals surface area contributed by atoms with Crippen LogP contribution in [0.25, 0.3) is 16.7 Å². The number of hydrogen-bond donors (Lipinski definition) is 1. The molecule has 0 saturated carbocycles. The summed E-state index contributed by atoms with van der Waals surface area (Å²) in [5.74, 6) is -0.378. The molecule has 4 heterocycles. The van der Waals surface area contributed by atoms with Gasteiger partial charge in [0.25, 0.3) is 11.2 Å². The fourth-order valence-electron chi connectivity index (χ4n) is 3.30. The third-order valence-corrected chi connectivity index (χ3v) is 4.70. The zero-order chi connectivity index (χ0) is 20.5. The number of hydrogen-bond acceptors (Lipinski definition) is 5. The first-order valence-corrected chi connectivity index (χ1v) is 9.26. The summed E-state index contributed by atoms with van der Waals surface area (Å²) in [5.41, 5.74) is 8.98. The minimum atomic E-state index is -0.575. The van der Waals surface area contributed by atoms with Crippen LogP contribution in [0.15, 0.2) is 53.7 Å². The highest BCUT2D eigenvalue weighted by Crippen LogP contribution is 2.16. The van der Waals surface area contributed by atoms with E-state index in [0.717, 1.165) is 11.1 Å². The SMILES string of the molecule is CCOC(=O)c1cc2c(=O)n3cc(C)ccc3nc2[n+](Cc2ccc[nH+]c2)c1N. The van der Waals surface area contributed by atoms with Crippen molar-refractivity contribution in [3.05, 3.63) is 76.0 Å². The Morgan fingerprint density at radius 2 is 2.17 bits per heavy atom. The Morgan fingerprint density at radius 1 is 1.34 bits per heavy atom. The fraction of sp³-hybridized carbons (Fsp3) is 0.190. The Bertz CT molecular complexity index is 1300. The van der Waals surface area contributed by atoms with E-state index in [1.54, 1.807) is 30.0 Å². The van der Waals surface area contributed by atoms with E-state index in [9.17, 15) is 9.59 Å². The number of pyridine rings is 3. The summed E-state index contributed by atoms with van der Waals surface area (Å²) in [6.07, 6.45) is 5.35. The van der Waals surface area contributed by atoms with E-state index >= 15 is 0 Å². The first-order chi connectivity index (χ1) is 14.0. The Balaban J connectivity index is 2.07. The van der Waals surface area contributed by atoms with Crippen molar-refractivity contribution in [1.82, 2.24) is 9.38 Å². The Kier molecular flexibility index (Phi) is 4.67. The summed E-state index contributed by atoms with van der Waals surface area (Å²) in [6.45, 7) is 4.16. The van der Waals surface area contributed by atoms with E-state index in [1.807, 2.05) is 31.3 Å². The number of nitrogens with two attached hydrogens (primary N) is 1. The molecule has 4 aromatic rings. The van der Waals surface area contributed by atoms with Gasteiger partial charge in [-0.15, -0.1) is 0 Å². The summed E-state index contributed by atoms with van der Waals surface area (Å²) in [6, 6.07) is 8.93. The number of fused-ring (bicyclic) bond motifs is 2. The first-order valence-electron chi connectivity index (χ1n) is 9.26. The van der Waals surface area contributed by atoms with Crippen LogP contribution in [-0.4, -0.2) is 22.0 Å². The maximum Gasteiger partial charge on any atom is 0.344 e. The van der Waals surface area contributed by atoms with Crippen LogP contribution in [0.1, 0.15) is 28.4 Å². The minimum absolute atomic E-state index is 0.144. The number of nitrogens with one attached hydrogen (secondary N) is 1. The number of ether oxygens (including phenoxy) is 1. The van der Waals surface area contributed by atoms with Gasteiger partial charge in [-0.2, -0.15) is 0 Å². The second-order valence-corrected chi connectivity index (χ2v) is 6.75. The van der Waals surface area contributed by atoms with E-state index < -0.39 is 5.97 Å². The molecule has 0 bridgehead atoms. The van der Waals surface area contributed by atoms with Crippen molar-refractivity contribution >= 4 is 28.5 Å². The van der Waals surface area contributed by atoms with Crippen molar-refractivity contribution in [3.63, 3.8) is 0 Å². The van der Waals surface area contributed by atoms with Gasteiger partial charge in [0.15, 0.2) is 12.4 Å². The van der Waals surface area contributed by atoms with Crippen molar-refractivity contribution in [2.24, 2.45) is 0 Å². The lowest BCUT2D eigenvalue weighted by atomic mass is 10.1. The van der Waals surface area contributed by atoms with Crippen molar-refractivity contribution < 1.29 is 19.1 Å². The molecular weight excluding hydrogens is 370 g/mol. The summed E-state index contributed by atoms with van der Waals surface area (Å²) in [5, 5.41) is 0.297. The second-order valence-electron chi connectivity index (χ2n) is 6.75. The number of carbonyl (C=O) groups excluding carboxylic acids is 1. The molecule has 0 fully saturated rings. The number of aryl methyl sites for hydroxylation is 1. The molecule has 0 atom stereocenters. The first kappa shape index (κ1) is 18.5. The molecule has 146 valence electrons. The van der Waals surface area contributed by atoms with Crippen LogP contribution in [0.5, 0.6) is 0 Å². The Hall–Kier alpha value is -3.81. The van der Waals surface area contributed by atoms with Crippen LogP contribution >= 0.6 is 0 Å². The molecule has 4 rings (SSSR count). The largest absolute Gasteiger partial charge is 0.462 e. The van der Waals surface area contributed by atoms with Crippen LogP contribution < -0.4 is 20.8 Å². The predicted molar refractivity (Wildman–Crippen MR) is 106 cm³/mol. The van der Waals surface area contributed by atoms with Crippen LogP contribution in [0.2, 0.25) is 0 Å². The van der Waals surface area contributed by atoms with E-state index in [1.165, 1.54) is 10.5 Å². The number of esters is 1. The minimum Gasteiger partial charge on any atom is -0.462 e. The number of nitrogens with zero attached hydrogens (tertiary/aromatic N) is 3. The zero-order valence-corrected chi connectivity index (χ0v) is 16.2. The van der Waals surface area contributed by atoms with E-state index in [-0.39, 0.29) is 23.5 Å². The van der Waals surface area contributed by atoms with Gasteiger partial charge in [-0.25, -0.2) is 14.3 Å². The molecule has 8 nitrogen and oxygen atoms in total. The lowest BCUT2D eigenvalue weighted by molar-refractivity contribution is -0.650. The van der Waals surface area contributed by atoms with Gasteiger partial charge in [0.05, 0.1) is 12.2 Å². The third kappa shape index (κ3) is 3.29. The molecule has 0 aromatic carbocycles. The van der Waals surface area contributed by atoms with Crippen molar-refractivity contribution in [1.29, 1.82) is 0 Å². The van der Waals surface area contributed by atoms with Crippen molar-refractivity contribution in [2.75, 3.05) is 12.3 Å². The van der Waals surface area contributed by atoms with Gasteiger partial charge in [0.2, 0.25) is 11.5 Å². The molecule has 0 aliphatic carbocycles. The topological polar surface area (TPSA) is 105 Å². The van der Waals surface area contributed by atoms with Gasteiger partial charge in [-0.3, -0.25) is 9.20 Å². The molecule has 0 radical (unpaired) electrons. The second kappa shape index (κ2) is 7.31. The molecule has 0 amide bonds. The van der Waals surface area contributed by atoms with Crippen molar-refractivity contribution in [3.8, 4) is 0 Å². The van der Waals surface area contributed by atoms with Crippen LogP contribution in [-0.2, 0) is 11.3 Å². The van der Waals surface area contributed by atoms with Gasteiger partial charge in [-0.1, -0.05) is 11.1 Å². The number of rotatable bonds is 4. The predicted octanol–water partition coefficient (Wildman–Crippen LogP) is 1.06. The van der Waals surface area contributed by atoms with E-state index in [2.05, 4.69) is 9.97 Å². The number of aromatic nitrogens is 4. The van der Waals surface area contributed by atoms with Crippen molar-refractivity contribution in [2.45, 2.75) is 20.4 Å². The van der Waals surface area contributed by atoms with Gasteiger partial charge >= 0.3 is 5.97 Å². The monoisotopic (exact) mass is 391 g/mol. The molecule has 0 aliphatic rings. The average Bonchev–Trinajstić information content (AvgIpc) is 2.72. The highest BCUT2D eigenvalue weighted by atomic mass is 16.5. The molecule has 0 saturated heterocycles. The lowest BCUT2D eigenvalue weighted by Gasteiger charge is -2.11. The molecule has 3 N–H and O–H groups in total. The quantitative estimate of drug-likeness (QED) is 0.318. The third-order valence-electron chi connectivity index (χ3n) is 4.70. The maximum absolute atomic E-state index is 13.2. The number of aromatic amines is 1. The van der Waals surface area contributed by atoms with Gasteiger partial charge in [-0.05, 0) is 37.6 Å². The number of carbonyl (C=O) groups is 1. The molecular formula is C21H21N5O3+2. The number of H-pyrrole nitrogens is 1. The summed E-state index contributed by atoms with van der Waals surface area (Å²) in [7, 11) is 0. The van der Waals surface area contributed by atoms with Crippen LogP contribution in [0.3, 0.4) is 0 Å². The Morgan fingerprint density at radius 3 is 2.90 bits per heavy atom. The summed E-state index contributed by atoms with van der Waals surface area (Å²) < 4.78 is 8.29. The highest BCUT2D eigenvalue weighted by molar-refractivity contribution is 5.96. The molecule has 0 aliphatic heterocycles. The number of anilines is 1. The van der Waals surface area contributed by atoms with Gasteiger partial charge in [0.1, 0.15) is 17.5 Å². The van der Waals surface area contributed by atoms with Crippen LogP contribution in [0, 0.1) is 6.92 Å². The smallest absolute Gasteiger partial charge is 0.344 e. The fourth-order valence-corrected chi connectivity index (χ4v) is 3.30. The number of nitrogen functional groups attached to an aromatic ring is 1.